The van der Waals surface area contributed by atoms with E-state index in [0.717, 1.165) is 19.6 Å². The van der Waals surface area contributed by atoms with Crippen molar-refractivity contribution >= 4 is 30.7 Å². The van der Waals surface area contributed by atoms with E-state index in [9.17, 15) is 4.79 Å². The quantitative estimate of drug-likeness (QED) is 0.711. The fourth-order valence-electron chi connectivity index (χ4n) is 4.03. The minimum absolute atomic E-state index is 0. The summed E-state index contributed by atoms with van der Waals surface area (Å²) in [6.45, 7) is 5.59. The highest BCUT2D eigenvalue weighted by atomic mass is 35.5. The lowest BCUT2D eigenvalue weighted by Gasteiger charge is -2.32. The van der Waals surface area contributed by atoms with Gasteiger partial charge in [-0.15, -0.1) is 24.8 Å². The summed E-state index contributed by atoms with van der Waals surface area (Å²) in [7, 11) is 2.25. The highest BCUT2D eigenvalue weighted by molar-refractivity contribution is 5.85. The van der Waals surface area contributed by atoms with Gasteiger partial charge in [-0.3, -0.25) is 9.69 Å². The van der Waals surface area contributed by atoms with E-state index in [1.165, 1.54) is 43.2 Å². The van der Waals surface area contributed by atoms with Crippen LogP contribution in [-0.4, -0.2) is 37.0 Å². The molecule has 0 radical (unpaired) electrons. The Bertz CT molecular complexity index is 574. The Balaban J connectivity index is 0.00000182. The molecule has 6 heteroatoms. The van der Waals surface area contributed by atoms with Gasteiger partial charge in [0.25, 0.3) is 0 Å². The molecule has 2 aliphatic rings. The van der Waals surface area contributed by atoms with E-state index in [4.69, 9.17) is 0 Å². The molecule has 0 spiro atoms. The minimum atomic E-state index is 0. The molecule has 3 rings (SSSR count). The Morgan fingerprint density at radius 3 is 2.37 bits per heavy atom. The molecule has 154 valence electrons. The molecule has 1 unspecified atom stereocenters. The van der Waals surface area contributed by atoms with Crippen molar-refractivity contribution in [3.05, 3.63) is 35.4 Å². The van der Waals surface area contributed by atoms with Crippen LogP contribution in [0.15, 0.2) is 24.3 Å². The van der Waals surface area contributed by atoms with Crippen molar-refractivity contribution in [1.82, 2.24) is 15.5 Å². The number of benzene rings is 1. The summed E-state index contributed by atoms with van der Waals surface area (Å²) < 4.78 is 0. The van der Waals surface area contributed by atoms with Crippen molar-refractivity contribution < 1.29 is 4.79 Å². The summed E-state index contributed by atoms with van der Waals surface area (Å²) in [4.78, 5) is 14.9. The van der Waals surface area contributed by atoms with Gasteiger partial charge in [0.05, 0.1) is 0 Å². The van der Waals surface area contributed by atoms with E-state index < -0.39 is 0 Å². The van der Waals surface area contributed by atoms with Gasteiger partial charge in [-0.2, -0.15) is 0 Å². The maximum Gasteiger partial charge on any atom is 0.223 e. The number of hydrogen-bond donors (Lipinski definition) is 2. The molecule has 0 bridgehead atoms. The molecule has 1 aromatic carbocycles. The van der Waals surface area contributed by atoms with E-state index in [0.29, 0.717) is 18.5 Å². The van der Waals surface area contributed by atoms with Crippen molar-refractivity contribution in [2.24, 2.45) is 11.8 Å². The monoisotopic (exact) mass is 415 g/mol. The number of amides is 1. The van der Waals surface area contributed by atoms with Crippen molar-refractivity contribution in [2.75, 3.05) is 20.1 Å². The molecule has 1 aliphatic heterocycles. The predicted octanol–water partition coefficient (Wildman–Crippen LogP) is 3.77. The molecule has 1 aromatic rings. The molecule has 1 amide bonds. The largest absolute Gasteiger partial charge is 0.352 e. The molecular weight excluding hydrogens is 381 g/mol. The van der Waals surface area contributed by atoms with E-state index in [1.54, 1.807) is 0 Å². The second-order valence-corrected chi connectivity index (χ2v) is 7.90. The van der Waals surface area contributed by atoms with Crippen LogP contribution in [0.4, 0.5) is 0 Å². The van der Waals surface area contributed by atoms with Crippen LogP contribution < -0.4 is 10.6 Å². The summed E-state index contributed by atoms with van der Waals surface area (Å²) in [5.41, 5.74) is 2.59. The summed E-state index contributed by atoms with van der Waals surface area (Å²) in [6.07, 6.45) is 6.76. The second kappa shape index (κ2) is 11.9. The van der Waals surface area contributed by atoms with Crippen LogP contribution in [0.25, 0.3) is 0 Å². The first kappa shape index (κ1) is 24.2. The number of halogens is 2. The van der Waals surface area contributed by atoms with Crippen LogP contribution in [0.2, 0.25) is 0 Å². The first-order valence-corrected chi connectivity index (χ1v) is 9.90. The number of rotatable bonds is 7. The lowest BCUT2D eigenvalue weighted by atomic mass is 9.88. The normalized spacial score (nSPS) is 18.8. The maximum absolute atomic E-state index is 12.4. The predicted molar refractivity (Wildman–Crippen MR) is 117 cm³/mol. The van der Waals surface area contributed by atoms with Gasteiger partial charge in [-0.1, -0.05) is 50.5 Å². The standard InChI is InChI=1S/C21H33N3O.2ClH/c1-16(19-12-22-13-19)21(25)23-14-17-8-6-7-9-18(17)15-24(2)20-10-4-3-5-11-20;;/h6-9,16,19-20,22H,3-5,10-15H2,1-2H3,(H,23,25);2*1H. The smallest absolute Gasteiger partial charge is 0.223 e. The van der Waals surface area contributed by atoms with E-state index in [-0.39, 0.29) is 36.6 Å². The Morgan fingerprint density at radius 1 is 1.15 bits per heavy atom. The lowest BCUT2D eigenvalue weighted by Crippen LogP contribution is -2.49. The summed E-state index contributed by atoms with van der Waals surface area (Å²) in [5.74, 6) is 0.771. The van der Waals surface area contributed by atoms with E-state index in [2.05, 4.69) is 46.8 Å². The van der Waals surface area contributed by atoms with Crippen LogP contribution in [0.3, 0.4) is 0 Å². The number of carbonyl (C=O) groups excluding carboxylic acids is 1. The molecule has 1 aliphatic carbocycles. The van der Waals surface area contributed by atoms with Gasteiger partial charge in [0.15, 0.2) is 0 Å². The first-order chi connectivity index (χ1) is 12.1. The Hall–Kier alpha value is -0.810. The SMILES string of the molecule is CC(C(=O)NCc1ccccc1CN(C)C1CCCCC1)C1CNC1.Cl.Cl. The van der Waals surface area contributed by atoms with E-state index >= 15 is 0 Å². The van der Waals surface area contributed by atoms with Gasteiger partial charge in [0.1, 0.15) is 0 Å². The summed E-state index contributed by atoms with van der Waals surface area (Å²) in [6, 6.07) is 9.26. The Labute approximate surface area is 176 Å². The van der Waals surface area contributed by atoms with Gasteiger partial charge in [0, 0.05) is 25.0 Å². The Morgan fingerprint density at radius 2 is 1.78 bits per heavy atom. The first-order valence-electron chi connectivity index (χ1n) is 9.90. The van der Waals surface area contributed by atoms with Crippen molar-refractivity contribution in [1.29, 1.82) is 0 Å². The average molecular weight is 416 g/mol. The number of nitrogens with zero attached hydrogens (tertiary/aromatic N) is 1. The molecule has 1 saturated heterocycles. The zero-order valence-electron chi connectivity index (χ0n) is 16.6. The molecule has 0 aromatic heterocycles. The lowest BCUT2D eigenvalue weighted by molar-refractivity contribution is -0.126. The summed E-state index contributed by atoms with van der Waals surface area (Å²) in [5, 5.41) is 6.40. The van der Waals surface area contributed by atoms with Gasteiger partial charge in [-0.05, 0) is 50.0 Å². The molecule has 1 atom stereocenters. The van der Waals surface area contributed by atoms with Gasteiger partial charge >= 0.3 is 0 Å². The highest BCUT2D eigenvalue weighted by Crippen LogP contribution is 2.23. The van der Waals surface area contributed by atoms with Crippen molar-refractivity contribution in [3.8, 4) is 0 Å². The number of hydrogen-bond acceptors (Lipinski definition) is 3. The Kier molecular flexibility index (Phi) is 10.7. The maximum atomic E-state index is 12.4. The fraction of sp³-hybridized carbons (Fsp3) is 0.667. The molecular formula is C21H35Cl2N3O. The molecule has 2 N–H and O–H groups in total. The molecule has 1 saturated carbocycles. The molecule has 27 heavy (non-hydrogen) atoms. The fourth-order valence-corrected chi connectivity index (χ4v) is 4.03. The molecule has 1 heterocycles. The van der Waals surface area contributed by atoms with Crippen LogP contribution in [0.5, 0.6) is 0 Å². The van der Waals surface area contributed by atoms with Crippen LogP contribution in [-0.2, 0) is 17.9 Å². The zero-order chi connectivity index (χ0) is 17.6. The third-order valence-corrected chi connectivity index (χ3v) is 6.12. The van der Waals surface area contributed by atoms with Crippen molar-refractivity contribution in [3.63, 3.8) is 0 Å². The van der Waals surface area contributed by atoms with Gasteiger partial charge < -0.3 is 10.6 Å². The van der Waals surface area contributed by atoms with Gasteiger partial charge in [-0.25, -0.2) is 0 Å². The van der Waals surface area contributed by atoms with Gasteiger partial charge in [0.2, 0.25) is 5.91 Å². The molecule has 2 fully saturated rings. The minimum Gasteiger partial charge on any atom is -0.352 e. The average Bonchev–Trinajstić information content (AvgIpc) is 2.60. The van der Waals surface area contributed by atoms with Crippen LogP contribution >= 0.6 is 24.8 Å². The zero-order valence-corrected chi connectivity index (χ0v) is 18.2. The van der Waals surface area contributed by atoms with Crippen molar-refractivity contribution in [2.45, 2.75) is 58.2 Å². The third-order valence-electron chi connectivity index (χ3n) is 6.12. The third kappa shape index (κ3) is 6.63. The molecule has 4 nitrogen and oxygen atoms in total. The highest BCUT2D eigenvalue weighted by Gasteiger charge is 2.28. The second-order valence-electron chi connectivity index (χ2n) is 7.90. The van der Waals surface area contributed by atoms with Crippen LogP contribution in [0.1, 0.15) is 50.2 Å². The summed E-state index contributed by atoms with van der Waals surface area (Å²) >= 11 is 0. The van der Waals surface area contributed by atoms with E-state index in [1.807, 2.05) is 6.92 Å². The number of carbonyl (C=O) groups is 1. The van der Waals surface area contributed by atoms with Crippen LogP contribution in [0, 0.1) is 11.8 Å². The number of nitrogens with one attached hydrogen (secondary N) is 2. The topological polar surface area (TPSA) is 44.4 Å².